The van der Waals surface area contributed by atoms with Gasteiger partial charge in [0.05, 0.1) is 13.2 Å². The number of likely N-dealkylation sites (tertiary alicyclic amines) is 1. The van der Waals surface area contributed by atoms with Gasteiger partial charge in [0.15, 0.2) is 0 Å². The van der Waals surface area contributed by atoms with Crippen molar-refractivity contribution < 1.29 is 23.9 Å². The predicted octanol–water partition coefficient (Wildman–Crippen LogP) is 1.03. The van der Waals surface area contributed by atoms with E-state index in [1.807, 2.05) is 0 Å². The van der Waals surface area contributed by atoms with Gasteiger partial charge in [-0.15, -0.1) is 0 Å². The zero-order chi connectivity index (χ0) is 15.0. The highest BCUT2D eigenvalue weighted by Gasteiger charge is 2.36. The van der Waals surface area contributed by atoms with Crippen LogP contribution in [-0.4, -0.2) is 42.5 Å². The topological polar surface area (TPSA) is 72.9 Å². The minimum absolute atomic E-state index is 0.211. The third-order valence-corrected chi connectivity index (χ3v) is 2.94. The van der Waals surface area contributed by atoms with Gasteiger partial charge in [-0.2, -0.15) is 0 Å². The Labute approximate surface area is 118 Å². The number of nitrogens with zero attached hydrogens (tertiary/aromatic N) is 1. The molecule has 6 heteroatoms. The van der Waals surface area contributed by atoms with Gasteiger partial charge in [-0.1, -0.05) is 13.2 Å². The van der Waals surface area contributed by atoms with Gasteiger partial charge in [-0.05, 0) is 25.5 Å². The number of hydrogen-bond donors (Lipinski definition) is 0. The molecule has 1 rings (SSSR count). The summed E-state index contributed by atoms with van der Waals surface area (Å²) in [4.78, 5) is 35.6. The smallest absolute Gasteiger partial charge is 0.330 e. The van der Waals surface area contributed by atoms with Gasteiger partial charge in [0.25, 0.3) is 0 Å². The Bertz CT molecular complexity index is 404. The van der Waals surface area contributed by atoms with Crippen molar-refractivity contribution in [2.45, 2.75) is 19.3 Å². The lowest BCUT2D eigenvalue weighted by Gasteiger charge is -2.10. The van der Waals surface area contributed by atoms with Crippen LogP contribution >= 0.6 is 0 Å². The first-order valence-corrected chi connectivity index (χ1v) is 6.49. The zero-order valence-corrected chi connectivity index (χ0v) is 11.4. The first-order chi connectivity index (χ1) is 9.60. The molecule has 0 radical (unpaired) electrons. The highest BCUT2D eigenvalue weighted by Crippen LogP contribution is 2.19. The fraction of sp³-hybridized carbons (Fsp3) is 0.500. The van der Waals surface area contributed by atoms with Crippen LogP contribution in [0.4, 0.5) is 0 Å². The van der Waals surface area contributed by atoms with E-state index in [1.54, 1.807) is 0 Å². The predicted molar refractivity (Wildman–Crippen MR) is 71.4 cm³/mol. The molecule has 1 aliphatic rings. The highest BCUT2D eigenvalue weighted by atomic mass is 16.5. The molecule has 0 aromatic carbocycles. The Morgan fingerprint density at radius 2 is 1.90 bits per heavy atom. The van der Waals surface area contributed by atoms with E-state index in [0.29, 0.717) is 25.8 Å². The Hall–Kier alpha value is -2.11. The molecular weight excluding hydrogens is 262 g/mol. The van der Waals surface area contributed by atoms with Crippen LogP contribution in [0.3, 0.4) is 0 Å². The van der Waals surface area contributed by atoms with Crippen molar-refractivity contribution in [1.82, 2.24) is 4.90 Å². The molecule has 1 unspecified atom stereocenters. The van der Waals surface area contributed by atoms with Gasteiger partial charge >= 0.3 is 11.9 Å². The molecule has 0 saturated carbocycles. The van der Waals surface area contributed by atoms with E-state index in [2.05, 4.69) is 13.2 Å². The number of hydrogen-bond acceptors (Lipinski definition) is 5. The Morgan fingerprint density at radius 3 is 2.45 bits per heavy atom. The molecule has 6 nitrogen and oxygen atoms in total. The van der Waals surface area contributed by atoms with Crippen LogP contribution in [0.1, 0.15) is 19.3 Å². The van der Waals surface area contributed by atoms with E-state index < -0.39 is 17.9 Å². The third kappa shape index (κ3) is 4.53. The minimum atomic E-state index is -0.716. The molecule has 0 N–H and O–H groups in total. The zero-order valence-electron chi connectivity index (χ0n) is 11.4. The lowest BCUT2D eigenvalue weighted by atomic mass is 10.1. The Balaban J connectivity index is 2.15. The quantitative estimate of drug-likeness (QED) is 0.287. The number of esters is 2. The van der Waals surface area contributed by atoms with Crippen LogP contribution in [0.2, 0.25) is 0 Å². The number of rotatable bonds is 8. The van der Waals surface area contributed by atoms with Gasteiger partial charge in [-0.3, -0.25) is 9.59 Å². The summed E-state index contributed by atoms with van der Waals surface area (Å²) in [5.74, 6) is -1.94. The second-order valence-electron chi connectivity index (χ2n) is 4.30. The van der Waals surface area contributed by atoms with Crippen molar-refractivity contribution in [2.75, 3.05) is 19.8 Å². The van der Waals surface area contributed by atoms with Crippen molar-refractivity contribution >= 4 is 17.8 Å². The molecule has 1 saturated heterocycles. The molecule has 0 aromatic rings. The summed E-state index contributed by atoms with van der Waals surface area (Å²) in [5.41, 5.74) is 0. The van der Waals surface area contributed by atoms with Crippen LogP contribution in [-0.2, 0) is 23.9 Å². The van der Waals surface area contributed by atoms with Crippen LogP contribution in [0, 0.1) is 5.92 Å². The average Bonchev–Trinajstić information content (AvgIpc) is 2.83. The van der Waals surface area contributed by atoms with E-state index in [0.717, 1.165) is 6.08 Å². The lowest BCUT2D eigenvalue weighted by Crippen LogP contribution is -2.28. The molecule has 1 fully saturated rings. The number of amides is 1. The first-order valence-electron chi connectivity index (χ1n) is 6.49. The molecule has 110 valence electrons. The van der Waals surface area contributed by atoms with Crippen molar-refractivity contribution in [3.05, 3.63) is 25.4 Å². The van der Waals surface area contributed by atoms with Gasteiger partial charge < -0.3 is 14.4 Å². The molecule has 0 aromatic heterocycles. The lowest BCUT2D eigenvalue weighted by molar-refractivity contribution is -0.152. The summed E-state index contributed by atoms with van der Waals surface area (Å²) in [6, 6.07) is 0. The van der Waals surface area contributed by atoms with E-state index in [-0.39, 0.29) is 19.1 Å². The number of carbonyl (C=O) groups is 3. The van der Waals surface area contributed by atoms with Crippen LogP contribution in [0.5, 0.6) is 0 Å². The molecule has 0 bridgehead atoms. The molecule has 1 amide bonds. The van der Waals surface area contributed by atoms with Crippen LogP contribution in [0.25, 0.3) is 0 Å². The maximum absolute atomic E-state index is 11.7. The SMILES string of the molecule is C=CC(=O)OCCCCOC(=O)C1CCN(C=C)C1=O. The Morgan fingerprint density at radius 1 is 1.25 bits per heavy atom. The van der Waals surface area contributed by atoms with Gasteiger partial charge in [-0.25, -0.2) is 4.79 Å². The number of ether oxygens (including phenoxy) is 2. The normalized spacial score (nSPS) is 17.7. The molecular formula is C14H19NO5. The summed E-state index contributed by atoms with van der Waals surface area (Å²) >= 11 is 0. The average molecular weight is 281 g/mol. The molecule has 1 atom stereocenters. The van der Waals surface area contributed by atoms with Crippen molar-refractivity contribution in [2.24, 2.45) is 5.92 Å². The molecule has 0 aliphatic carbocycles. The number of carbonyl (C=O) groups excluding carboxylic acids is 3. The summed E-state index contributed by atoms with van der Waals surface area (Å²) < 4.78 is 9.82. The summed E-state index contributed by atoms with van der Waals surface area (Å²) in [7, 11) is 0. The molecule has 0 spiro atoms. The second-order valence-corrected chi connectivity index (χ2v) is 4.30. The van der Waals surface area contributed by atoms with Crippen molar-refractivity contribution in [1.29, 1.82) is 0 Å². The molecule has 1 aliphatic heterocycles. The van der Waals surface area contributed by atoms with Crippen LogP contribution in [0.15, 0.2) is 25.4 Å². The van der Waals surface area contributed by atoms with Gasteiger partial charge in [0, 0.05) is 12.6 Å². The van der Waals surface area contributed by atoms with Crippen molar-refractivity contribution in [3.63, 3.8) is 0 Å². The fourth-order valence-corrected chi connectivity index (χ4v) is 1.81. The maximum Gasteiger partial charge on any atom is 0.330 e. The maximum atomic E-state index is 11.7. The van der Waals surface area contributed by atoms with E-state index >= 15 is 0 Å². The standard InChI is InChI=1S/C14H19NO5/c1-3-12(16)19-9-5-6-10-20-14(18)11-7-8-15(4-2)13(11)17/h3-4,11H,1-2,5-10H2. The second kappa shape index (κ2) is 8.14. The molecule has 1 heterocycles. The van der Waals surface area contributed by atoms with E-state index in [4.69, 9.17) is 9.47 Å². The van der Waals surface area contributed by atoms with E-state index in [9.17, 15) is 14.4 Å². The van der Waals surface area contributed by atoms with Gasteiger partial charge in [0.1, 0.15) is 5.92 Å². The first kappa shape index (κ1) is 15.9. The third-order valence-electron chi connectivity index (χ3n) is 2.94. The summed E-state index contributed by atoms with van der Waals surface area (Å²) in [5, 5.41) is 0. The van der Waals surface area contributed by atoms with Gasteiger partial charge in [0.2, 0.25) is 5.91 Å². The minimum Gasteiger partial charge on any atom is -0.465 e. The van der Waals surface area contributed by atoms with Crippen molar-refractivity contribution in [3.8, 4) is 0 Å². The number of unbranched alkanes of at least 4 members (excludes halogenated alkanes) is 1. The summed E-state index contributed by atoms with van der Waals surface area (Å²) in [6.45, 7) is 7.75. The van der Waals surface area contributed by atoms with E-state index in [1.165, 1.54) is 11.1 Å². The molecule has 20 heavy (non-hydrogen) atoms. The summed E-state index contributed by atoms with van der Waals surface area (Å²) in [6.07, 6.45) is 4.13. The Kier molecular flexibility index (Phi) is 6.49. The fourth-order valence-electron chi connectivity index (χ4n) is 1.81. The van der Waals surface area contributed by atoms with Crippen LogP contribution < -0.4 is 0 Å². The highest BCUT2D eigenvalue weighted by molar-refractivity contribution is 5.99. The largest absolute Gasteiger partial charge is 0.465 e. The monoisotopic (exact) mass is 281 g/mol.